The molecule has 2 N–H and O–H groups in total. The number of benzene rings is 1. The van der Waals surface area contributed by atoms with Crippen LogP contribution in [0.25, 0.3) is 0 Å². The summed E-state index contributed by atoms with van der Waals surface area (Å²) < 4.78 is 5.41. The van der Waals surface area contributed by atoms with E-state index in [0.29, 0.717) is 6.54 Å². The molecule has 1 aromatic rings. The summed E-state index contributed by atoms with van der Waals surface area (Å²) in [5.74, 6) is 0.811. The minimum Gasteiger partial charge on any atom is -0.377 e. The van der Waals surface area contributed by atoms with Crippen LogP contribution in [0.2, 0.25) is 0 Å². The van der Waals surface area contributed by atoms with Gasteiger partial charge < -0.3 is 15.4 Å². The standard InChI is InChI=1S/C18H31N3O.HI/c1-17(2,12-15-10-8-7-9-11-15)13-20-16(19-5)21-14-18(3,4)22-6;/h7-11H,12-14H2,1-6H3,(H2,19,20,21);1H. The van der Waals surface area contributed by atoms with Gasteiger partial charge in [-0.15, -0.1) is 24.0 Å². The molecule has 0 aromatic heterocycles. The molecule has 0 saturated heterocycles. The Bertz CT molecular complexity index is 472. The maximum Gasteiger partial charge on any atom is 0.191 e. The number of ether oxygens (including phenoxy) is 1. The first-order chi connectivity index (χ1) is 10.3. The lowest BCUT2D eigenvalue weighted by molar-refractivity contribution is 0.0268. The highest BCUT2D eigenvalue weighted by Crippen LogP contribution is 2.20. The van der Waals surface area contributed by atoms with Gasteiger partial charge in [-0.1, -0.05) is 44.2 Å². The zero-order valence-electron chi connectivity index (χ0n) is 15.3. The van der Waals surface area contributed by atoms with E-state index in [-0.39, 0.29) is 35.0 Å². The largest absolute Gasteiger partial charge is 0.377 e. The molecule has 132 valence electrons. The average molecular weight is 433 g/mol. The Kier molecular flexibility index (Phi) is 9.77. The van der Waals surface area contributed by atoms with Crippen molar-refractivity contribution in [1.29, 1.82) is 0 Å². The Morgan fingerprint density at radius 1 is 1.04 bits per heavy atom. The quantitative estimate of drug-likeness (QED) is 0.393. The van der Waals surface area contributed by atoms with Crippen LogP contribution in [0, 0.1) is 5.41 Å². The molecule has 0 atom stereocenters. The van der Waals surface area contributed by atoms with Crippen molar-refractivity contribution in [3.63, 3.8) is 0 Å². The van der Waals surface area contributed by atoms with Crippen LogP contribution in [0.4, 0.5) is 0 Å². The Hall–Kier alpha value is -0.820. The average Bonchev–Trinajstić information content (AvgIpc) is 2.48. The van der Waals surface area contributed by atoms with Crippen LogP contribution >= 0.6 is 24.0 Å². The molecule has 0 spiro atoms. The smallest absolute Gasteiger partial charge is 0.191 e. The first kappa shape index (κ1) is 22.2. The number of rotatable bonds is 7. The summed E-state index contributed by atoms with van der Waals surface area (Å²) in [7, 11) is 3.51. The third-order valence-electron chi connectivity index (χ3n) is 3.72. The summed E-state index contributed by atoms with van der Waals surface area (Å²) >= 11 is 0. The molecule has 0 bridgehead atoms. The monoisotopic (exact) mass is 433 g/mol. The summed E-state index contributed by atoms with van der Waals surface area (Å²) in [6, 6.07) is 10.6. The third-order valence-corrected chi connectivity index (χ3v) is 3.72. The second-order valence-electron chi connectivity index (χ2n) is 7.07. The topological polar surface area (TPSA) is 45.7 Å². The van der Waals surface area contributed by atoms with Crippen LogP contribution in [0.5, 0.6) is 0 Å². The molecule has 0 aliphatic heterocycles. The number of aliphatic imine (C=N–C) groups is 1. The van der Waals surface area contributed by atoms with Crippen molar-refractivity contribution in [2.45, 2.75) is 39.7 Å². The summed E-state index contributed by atoms with van der Waals surface area (Å²) in [5, 5.41) is 6.72. The first-order valence-corrected chi connectivity index (χ1v) is 7.82. The second-order valence-corrected chi connectivity index (χ2v) is 7.07. The number of nitrogens with one attached hydrogen (secondary N) is 2. The fourth-order valence-corrected chi connectivity index (χ4v) is 2.12. The Morgan fingerprint density at radius 3 is 2.13 bits per heavy atom. The van der Waals surface area contributed by atoms with Crippen LogP contribution in [0.1, 0.15) is 33.3 Å². The number of hydrogen-bond donors (Lipinski definition) is 2. The van der Waals surface area contributed by atoms with Gasteiger partial charge in [0.2, 0.25) is 0 Å². The summed E-state index contributed by atoms with van der Waals surface area (Å²) in [4.78, 5) is 4.27. The molecule has 0 saturated carbocycles. The Balaban J connectivity index is 0.00000484. The van der Waals surface area contributed by atoms with E-state index in [4.69, 9.17) is 4.74 Å². The molecule has 23 heavy (non-hydrogen) atoms. The van der Waals surface area contributed by atoms with Crippen LogP contribution < -0.4 is 10.6 Å². The first-order valence-electron chi connectivity index (χ1n) is 7.82. The van der Waals surface area contributed by atoms with Crippen LogP contribution in [-0.2, 0) is 11.2 Å². The predicted octanol–water partition coefficient (Wildman–Crippen LogP) is 3.46. The molecule has 0 aliphatic rings. The summed E-state index contributed by atoms with van der Waals surface area (Å²) in [6.45, 7) is 10.2. The molecule has 4 nitrogen and oxygen atoms in total. The lowest BCUT2D eigenvalue weighted by Gasteiger charge is -2.28. The molecule has 0 fully saturated rings. The molecule has 0 heterocycles. The highest BCUT2D eigenvalue weighted by atomic mass is 127. The zero-order chi connectivity index (χ0) is 16.6. The van der Waals surface area contributed by atoms with Gasteiger partial charge in [0.15, 0.2) is 5.96 Å². The van der Waals surface area contributed by atoms with Crippen molar-refractivity contribution in [1.82, 2.24) is 10.6 Å². The van der Waals surface area contributed by atoms with E-state index in [0.717, 1.165) is 18.9 Å². The van der Waals surface area contributed by atoms with E-state index in [1.165, 1.54) is 5.56 Å². The lowest BCUT2D eigenvalue weighted by atomic mass is 9.86. The maximum absolute atomic E-state index is 5.41. The van der Waals surface area contributed by atoms with Gasteiger partial charge in [0, 0.05) is 27.2 Å². The maximum atomic E-state index is 5.41. The van der Waals surface area contributed by atoms with Gasteiger partial charge in [0.05, 0.1) is 5.60 Å². The molecule has 1 aromatic carbocycles. The van der Waals surface area contributed by atoms with Gasteiger partial charge in [-0.2, -0.15) is 0 Å². The van der Waals surface area contributed by atoms with Gasteiger partial charge in [-0.25, -0.2) is 0 Å². The van der Waals surface area contributed by atoms with Crippen molar-refractivity contribution in [2.75, 3.05) is 27.2 Å². The van der Waals surface area contributed by atoms with E-state index in [1.807, 2.05) is 13.8 Å². The van der Waals surface area contributed by atoms with Gasteiger partial charge in [0.25, 0.3) is 0 Å². The highest BCUT2D eigenvalue weighted by Gasteiger charge is 2.20. The molecule has 0 unspecified atom stereocenters. The van der Waals surface area contributed by atoms with E-state index >= 15 is 0 Å². The number of halogens is 1. The second kappa shape index (κ2) is 10.1. The van der Waals surface area contributed by atoms with Gasteiger partial charge in [0.1, 0.15) is 0 Å². The predicted molar refractivity (Wildman–Crippen MR) is 110 cm³/mol. The van der Waals surface area contributed by atoms with Crippen LogP contribution in [-0.4, -0.2) is 38.8 Å². The van der Waals surface area contributed by atoms with Crippen molar-refractivity contribution < 1.29 is 4.74 Å². The zero-order valence-corrected chi connectivity index (χ0v) is 17.6. The van der Waals surface area contributed by atoms with E-state index in [9.17, 15) is 0 Å². The number of guanidine groups is 1. The normalized spacial score (nSPS) is 12.5. The fourth-order valence-electron chi connectivity index (χ4n) is 2.12. The van der Waals surface area contributed by atoms with Gasteiger partial charge in [-0.05, 0) is 31.2 Å². The molecule has 5 heteroatoms. The van der Waals surface area contributed by atoms with Gasteiger partial charge in [-0.3, -0.25) is 4.99 Å². The van der Waals surface area contributed by atoms with Gasteiger partial charge >= 0.3 is 0 Å². The SMILES string of the molecule is CN=C(NCC(C)(C)Cc1ccccc1)NCC(C)(C)OC.I. The summed E-state index contributed by atoms with van der Waals surface area (Å²) in [6.07, 6.45) is 1.03. The Labute approximate surface area is 158 Å². The number of methoxy groups -OCH3 is 1. The minimum absolute atomic E-state index is 0. The molecule has 1 rings (SSSR count). The van der Waals surface area contributed by atoms with Crippen LogP contribution in [0.15, 0.2) is 35.3 Å². The number of nitrogens with zero attached hydrogens (tertiary/aromatic N) is 1. The third kappa shape index (κ3) is 9.15. The molecule has 0 aliphatic carbocycles. The van der Waals surface area contributed by atoms with Crippen molar-refractivity contribution in [3.05, 3.63) is 35.9 Å². The Morgan fingerprint density at radius 2 is 1.61 bits per heavy atom. The van der Waals surface area contributed by atoms with E-state index < -0.39 is 0 Å². The number of hydrogen-bond acceptors (Lipinski definition) is 2. The van der Waals surface area contributed by atoms with Crippen LogP contribution in [0.3, 0.4) is 0 Å². The fraction of sp³-hybridized carbons (Fsp3) is 0.611. The van der Waals surface area contributed by atoms with E-state index in [1.54, 1.807) is 14.2 Å². The molecule has 0 radical (unpaired) electrons. The van der Waals surface area contributed by atoms with E-state index in [2.05, 4.69) is 59.8 Å². The lowest BCUT2D eigenvalue weighted by Crippen LogP contribution is -2.47. The molecular weight excluding hydrogens is 401 g/mol. The van der Waals surface area contributed by atoms with Crippen molar-refractivity contribution in [3.8, 4) is 0 Å². The van der Waals surface area contributed by atoms with Crippen molar-refractivity contribution in [2.24, 2.45) is 10.4 Å². The molecular formula is C18H32IN3O. The van der Waals surface area contributed by atoms with Crippen molar-refractivity contribution >= 4 is 29.9 Å². The molecule has 0 amide bonds. The summed E-state index contributed by atoms with van der Waals surface area (Å²) in [5.41, 5.74) is 1.30. The highest BCUT2D eigenvalue weighted by molar-refractivity contribution is 14.0. The minimum atomic E-state index is -0.211.